The smallest absolute Gasteiger partial charge is 0.256 e. The average molecular weight is 352 g/mol. The van der Waals surface area contributed by atoms with E-state index in [-0.39, 0.29) is 11.8 Å². The largest absolute Gasteiger partial charge is 0.437 e. The SMILES string of the molecule is O=C(NCC1CNC1)c1cccnc1Oc1ccc(Cl)cc1Cl. The van der Waals surface area contributed by atoms with Crippen molar-refractivity contribution in [1.29, 1.82) is 0 Å². The monoisotopic (exact) mass is 351 g/mol. The summed E-state index contributed by atoms with van der Waals surface area (Å²) in [6.45, 7) is 2.48. The molecule has 2 N–H and O–H groups in total. The lowest BCUT2D eigenvalue weighted by atomic mass is 10.0. The molecule has 0 spiro atoms. The van der Waals surface area contributed by atoms with Crippen LogP contribution in [0.3, 0.4) is 0 Å². The zero-order chi connectivity index (χ0) is 16.2. The molecule has 120 valence electrons. The number of pyridine rings is 1. The zero-order valence-corrected chi connectivity index (χ0v) is 13.7. The second kappa shape index (κ2) is 7.17. The van der Waals surface area contributed by atoms with Gasteiger partial charge in [-0.1, -0.05) is 23.2 Å². The lowest BCUT2D eigenvalue weighted by Crippen LogP contribution is -2.48. The molecule has 7 heteroatoms. The van der Waals surface area contributed by atoms with Crippen molar-refractivity contribution in [3.8, 4) is 11.6 Å². The van der Waals surface area contributed by atoms with Crippen LogP contribution in [0.15, 0.2) is 36.5 Å². The van der Waals surface area contributed by atoms with E-state index < -0.39 is 0 Å². The van der Waals surface area contributed by atoms with E-state index in [0.717, 1.165) is 13.1 Å². The summed E-state index contributed by atoms with van der Waals surface area (Å²) in [5.41, 5.74) is 0.366. The Morgan fingerprint density at radius 1 is 1.35 bits per heavy atom. The quantitative estimate of drug-likeness (QED) is 0.868. The van der Waals surface area contributed by atoms with E-state index in [2.05, 4.69) is 15.6 Å². The molecule has 0 bridgehead atoms. The van der Waals surface area contributed by atoms with Crippen LogP contribution in [-0.2, 0) is 0 Å². The predicted octanol–water partition coefficient (Wildman–Crippen LogP) is 3.13. The number of amides is 1. The van der Waals surface area contributed by atoms with Crippen LogP contribution in [0.1, 0.15) is 10.4 Å². The van der Waals surface area contributed by atoms with E-state index in [1.165, 1.54) is 0 Å². The van der Waals surface area contributed by atoms with Crippen molar-refractivity contribution in [1.82, 2.24) is 15.6 Å². The van der Waals surface area contributed by atoms with Gasteiger partial charge < -0.3 is 15.4 Å². The van der Waals surface area contributed by atoms with Crippen molar-refractivity contribution in [2.75, 3.05) is 19.6 Å². The molecule has 1 aliphatic heterocycles. The highest BCUT2D eigenvalue weighted by molar-refractivity contribution is 6.35. The van der Waals surface area contributed by atoms with Crippen LogP contribution in [-0.4, -0.2) is 30.5 Å². The molecule has 0 unspecified atom stereocenters. The second-order valence-electron chi connectivity index (χ2n) is 5.27. The number of carbonyl (C=O) groups is 1. The molecule has 2 aromatic rings. The summed E-state index contributed by atoms with van der Waals surface area (Å²) in [5, 5.41) is 6.93. The maximum absolute atomic E-state index is 12.3. The summed E-state index contributed by atoms with van der Waals surface area (Å²) in [6, 6.07) is 8.23. The topological polar surface area (TPSA) is 63.2 Å². The second-order valence-corrected chi connectivity index (χ2v) is 6.11. The first kappa shape index (κ1) is 16.1. The first-order chi connectivity index (χ1) is 11.1. The highest BCUT2D eigenvalue weighted by Crippen LogP contribution is 2.32. The molecule has 23 heavy (non-hydrogen) atoms. The fourth-order valence-electron chi connectivity index (χ4n) is 2.13. The van der Waals surface area contributed by atoms with Crippen LogP contribution in [0.5, 0.6) is 11.6 Å². The van der Waals surface area contributed by atoms with Gasteiger partial charge in [0.2, 0.25) is 5.88 Å². The molecule has 1 aromatic carbocycles. The van der Waals surface area contributed by atoms with Gasteiger partial charge in [-0.05, 0) is 30.3 Å². The molecule has 0 saturated carbocycles. The number of aromatic nitrogens is 1. The molecular formula is C16H15Cl2N3O2. The van der Waals surface area contributed by atoms with E-state index in [9.17, 15) is 4.79 Å². The number of nitrogens with one attached hydrogen (secondary N) is 2. The number of hydrogen-bond acceptors (Lipinski definition) is 4. The highest BCUT2D eigenvalue weighted by atomic mass is 35.5. The number of benzene rings is 1. The van der Waals surface area contributed by atoms with E-state index >= 15 is 0 Å². The Morgan fingerprint density at radius 2 is 2.17 bits per heavy atom. The predicted molar refractivity (Wildman–Crippen MR) is 89.5 cm³/mol. The molecule has 1 amide bonds. The molecular weight excluding hydrogens is 337 g/mol. The van der Waals surface area contributed by atoms with Crippen molar-refractivity contribution in [2.24, 2.45) is 5.92 Å². The van der Waals surface area contributed by atoms with Gasteiger partial charge in [0.1, 0.15) is 11.3 Å². The minimum absolute atomic E-state index is 0.209. The summed E-state index contributed by atoms with van der Waals surface area (Å²) in [5.74, 6) is 0.865. The lowest BCUT2D eigenvalue weighted by Gasteiger charge is -2.27. The summed E-state index contributed by atoms with van der Waals surface area (Å²) in [7, 11) is 0. The third kappa shape index (κ3) is 3.93. The van der Waals surface area contributed by atoms with Crippen LogP contribution in [0, 0.1) is 5.92 Å². The number of carbonyl (C=O) groups excluding carboxylic acids is 1. The maximum Gasteiger partial charge on any atom is 0.256 e. The van der Waals surface area contributed by atoms with Crippen LogP contribution in [0.4, 0.5) is 0 Å². The third-order valence-corrected chi connectivity index (χ3v) is 4.06. The number of nitrogens with zero attached hydrogens (tertiary/aromatic N) is 1. The summed E-state index contributed by atoms with van der Waals surface area (Å²) in [6.07, 6.45) is 1.56. The number of halogens is 2. The van der Waals surface area contributed by atoms with Gasteiger partial charge in [0.15, 0.2) is 0 Å². The Morgan fingerprint density at radius 3 is 2.87 bits per heavy atom. The molecule has 1 saturated heterocycles. The average Bonchev–Trinajstić information content (AvgIpc) is 2.49. The van der Waals surface area contributed by atoms with Crippen molar-refractivity contribution in [3.63, 3.8) is 0 Å². The first-order valence-electron chi connectivity index (χ1n) is 7.20. The van der Waals surface area contributed by atoms with Crippen LogP contribution in [0.25, 0.3) is 0 Å². The molecule has 0 aliphatic carbocycles. The fraction of sp³-hybridized carbons (Fsp3) is 0.250. The number of ether oxygens (including phenoxy) is 1. The van der Waals surface area contributed by atoms with Gasteiger partial charge in [-0.25, -0.2) is 4.98 Å². The maximum atomic E-state index is 12.3. The van der Waals surface area contributed by atoms with E-state index in [1.807, 2.05) is 0 Å². The van der Waals surface area contributed by atoms with Gasteiger partial charge in [-0.2, -0.15) is 0 Å². The normalized spacial score (nSPS) is 14.2. The van der Waals surface area contributed by atoms with Crippen molar-refractivity contribution in [3.05, 3.63) is 52.1 Å². The Bertz CT molecular complexity index is 720. The van der Waals surface area contributed by atoms with Gasteiger partial charge in [0.05, 0.1) is 5.02 Å². The first-order valence-corrected chi connectivity index (χ1v) is 7.96. The highest BCUT2D eigenvalue weighted by Gasteiger charge is 2.20. The van der Waals surface area contributed by atoms with Crippen molar-refractivity contribution >= 4 is 29.1 Å². The van der Waals surface area contributed by atoms with Gasteiger partial charge in [-0.15, -0.1) is 0 Å². The number of rotatable bonds is 5. The zero-order valence-electron chi connectivity index (χ0n) is 12.2. The molecule has 3 rings (SSSR count). The molecule has 1 aromatic heterocycles. The van der Waals surface area contributed by atoms with E-state index in [0.29, 0.717) is 33.8 Å². The minimum Gasteiger partial charge on any atom is -0.437 e. The van der Waals surface area contributed by atoms with Crippen LogP contribution >= 0.6 is 23.2 Å². The fourth-order valence-corrected chi connectivity index (χ4v) is 2.58. The van der Waals surface area contributed by atoms with Gasteiger partial charge in [0.25, 0.3) is 5.91 Å². The van der Waals surface area contributed by atoms with Gasteiger partial charge >= 0.3 is 0 Å². The molecule has 1 fully saturated rings. The van der Waals surface area contributed by atoms with Crippen LogP contribution in [0.2, 0.25) is 10.0 Å². The standard InChI is InChI=1S/C16H15Cl2N3O2/c17-11-3-4-14(13(18)6-11)23-16-12(2-1-5-20-16)15(22)21-9-10-7-19-8-10/h1-6,10,19H,7-9H2,(H,21,22). The Labute approximate surface area is 144 Å². The van der Waals surface area contributed by atoms with Crippen molar-refractivity contribution < 1.29 is 9.53 Å². The summed E-state index contributed by atoms with van der Waals surface area (Å²) < 4.78 is 5.69. The molecule has 0 atom stereocenters. The van der Waals surface area contributed by atoms with Crippen LogP contribution < -0.4 is 15.4 Å². The van der Waals surface area contributed by atoms with Gasteiger partial charge in [0, 0.05) is 36.8 Å². The van der Waals surface area contributed by atoms with E-state index in [4.69, 9.17) is 27.9 Å². The van der Waals surface area contributed by atoms with Gasteiger partial charge in [-0.3, -0.25) is 4.79 Å². The van der Waals surface area contributed by atoms with E-state index in [1.54, 1.807) is 36.5 Å². The Hall–Kier alpha value is -1.82. The third-order valence-electron chi connectivity index (χ3n) is 3.53. The molecule has 5 nitrogen and oxygen atoms in total. The minimum atomic E-state index is -0.218. The molecule has 0 radical (unpaired) electrons. The Balaban J connectivity index is 1.75. The summed E-state index contributed by atoms with van der Waals surface area (Å²) >= 11 is 12.0. The van der Waals surface area contributed by atoms with Crippen molar-refractivity contribution in [2.45, 2.75) is 0 Å². The summed E-state index contributed by atoms with van der Waals surface area (Å²) in [4.78, 5) is 16.5. The Kier molecular flexibility index (Phi) is 5.00. The lowest BCUT2D eigenvalue weighted by molar-refractivity contribution is 0.0939. The number of hydrogen-bond donors (Lipinski definition) is 2. The molecule has 2 heterocycles. The molecule has 1 aliphatic rings.